The summed E-state index contributed by atoms with van der Waals surface area (Å²) >= 11 is 0. The van der Waals surface area contributed by atoms with Crippen molar-refractivity contribution < 1.29 is 21.4 Å². The molecule has 2 aliphatic heterocycles. The minimum absolute atomic E-state index is 0.0175. The number of pyridine rings is 1. The third-order valence-electron chi connectivity index (χ3n) is 5.53. The smallest absolute Gasteiger partial charge is 0.244 e. The van der Waals surface area contributed by atoms with Gasteiger partial charge in [0.25, 0.3) is 0 Å². The van der Waals surface area contributed by atoms with Crippen LogP contribution >= 0.6 is 0 Å². The zero-order valence-electron chi connectivity index (χ0n) is 15.5. The van der Waals surface area contributed by atoms with Gasteiger partial charge in [-0.05, 0) is 26.0 Å². The summed E-state index contributed by atoms with van der Waals surface area (Å²) in [4.78, 5) is 8.32. The Morgan fingerprint density at radius 1 is 1.21 bits per heavy atom. The van der Waals surface area contributed by atoms with E-state index in [1.807, 2.05) is 0 Å². The number of hydrogen-bond donors (Lipinski definition) is 0. The van der Waals surface area contributed by atoms with E-state index < -0.39 is 25.5 Å². The maximum Gasteiger partial charge on any atom is 0.244 e. The minimum atomic E-state index is -3.77. The molecule has 152 valence electrons. The maximum absolute atomic E-state index is 13.1. The standard InChI is InChI=1S/C16H21N5O5S2/c1-3-27(22,23)20-8-13-9-21(28(24,25)14-5-4-6-17-7-14)11-16(13,10-20)15-18-12(2)19-26-15/h4-7,13H,3,8-11H2,1-2H3/t13-,16-/m1/s1. The predicted molar refractivity (Wildman–Crippen MR) is 98.2 cm³/mol. The molecular formula is C16H21N5O5S2. The van der Waals surface area contributed by atoms with E-state index in [-0.39, 0.29) is 48.6 Å². The zero-order valence-corrected chi connectivity index (χ0v) is 17.1. The molecule has 4 heterocycles. The molecule has 12 heteroatoms. The second-order valence-corrected chi connectivity index (χ2v) is 11.4. The van der Waals surface area contributed by atoms with Crippen LogP contribution in [0.4, 0.5) is 0 Å². The lowest BCUT2D eigenvalue weighted by Crippen LogP contribution is -2.41. The van der Waals surface area contributed by atoms with Crippen LogP contribution in [-0.2, 0) is 25.5 Å². The summed E-state index contributed by atoms with van der Waals surface area (Å²) in [6.45, 7) is 3.85. The van der Waals surface area contributed by atoms with E-state index in [1.54, 1.807) is 19.9 Å². The lowest BCUT2D eigenvalue weighted by Gasteiger charge is -2.25. The number of aromatic nitrogens is 3. The van der Waals surface area contributed by atoms with Crippen LogP contribution < -0.4 is 0 Å². The summed E-state index contributed by atoms with van der Waals surface area (Å²) in [6, 6.07) is 3.06. The lowest BCUT2D eigenvalue weighted by atomic mass is 9.81. The Balaban J connectivity index is 1.73. The van der Waals surface area contributed by atoms with Gasteiger partial charge in [-0.25, -0.2) is 21.1 Å². The second kappa shape index (κ2) is 6.58. The molecule has 0 aliphatic carbocycles. The van der Waals surface area contributed by atoms with Crippen molar-refractivity contribution in [2.75, 3.05) is 31.9 Å². The largest absolute Gasteiger partial charge is 0.339 e. The Labute approximate surface area is 163 Å². The Morgan fingerprint density at radius 3 is 2.54 bits per heavy atom. The van der Waals surface area contributed by atoms with Crippen molar-refractivity contribution in [2.45, 2.75) is 24.2 Å². The van der Waals surface area contributed by atoms with Gasteiger partial charge in [-0.3, -0.25) is 4.98 Å². The summed E-state index contributed by atoms with van der Waals surface area (Å²) in [7, 11) is -7.18. The Hall–Kier alpha value is -1.89. The van der Waals surface area contributed by atoms with E-state index in [4.69, 9.17) is 4.52 Å². The van der Waals surface area contributed by atoms with E-state index in [2.05, 4.69) is 15.1 Å². The molecule has 2 atom stereocenters. The van der Waals surface area contributed by atoms with Crippen LogP contribution in [0.2, 0.25) is 0 Å². The molecule has 2 aromatic heterocycles. The molecule has 0 unspecified atom stereocenters. The van der Waals surface area contributed by atoms with Crippen LogP contribution in [-0.4, -0.2) is 72.5 Å². The third kappa shape index (κ3) is 2.95. The number of fused-ring (bicyclic) bond motifs is 1. The van der Waals surface area contributed by atoms with Gasteiger partial charge in [-0.2, -0.15) is 9.29 Å². The van der Waals surface area contributed by atoms with Crippen molar-refractivity contribution in [2.24, 2.45) is 5.92 Å². The van der Waals surface area contributed by atoms with Crippen molar-refractivity contribution >= 4 is 20.0 Å². The summed E-state index contributed by atoms with van der Waals surface area (Å²) < 4.78 is 59.2. The van der Waals surface area contributed by atoms with Crippen molar-refractivity contribution in [1.82, 2.24) is 23.7 Å². The Morgan fingerprint density at radius 2 is 1.93 bits per heavy atom. The first kappa shape index (κ1) is 19.4. The molecule has 0 radical (unpaired) electrons. The van der Waals surface area contributed by atoms with Gasteiger partial charge in [0, 0.05) is 44.5 Å². The Kier molecular flexibility index (Phi) is 4.56. The van der Waals surface area contributed by atoms with Crippen LogP contribution in [0.1, 0.15) is 18.6 Å². The van der Waals surface area contributed by atoms with E-state index in [0.29, 0.717) is 5.82 Å². The van der Waals surface area contributed by atoms with Crippen LogP contribution in [0.15, 0.2) is 33.9 Å². The summed E-state index contributed by atoms with van der Waals surface area (Å²) in [6.07, 6.45) is 2.81. The average Bonchev–Trinajstić information content (AvgIpc) is 3.35. The average molecular weight is 428 g/mol. The molecule has 0 N–H and O–H groups in total. The van der Waals surface area contributed by atoms with Gasteiger partial charge in [0.15, 0.2) is 5.82 Å². The second-order valence-electron chi connectivity index (χ2n) is 7.18. The van der Waals surface area contributed by atoms with Crippen LogP contribution in [0.25, 0.3) is 0 Å². The lowest BCUT2D eigenvalue weighted by molar-refractivity contribution is 0.269. The zero-order chi connectivity index (χ0) is 20.2. The van der Waals surface area contributed by atoms with Gasteiger partial charge in [-0.15, -0.1) is 0 Å². The molecule has 2 aromatic rings. The quantitative estimate of drug-likeness (QED) is 0.652. The fraction of sp³-hybridized carbons (Fsp3) is 0.562. The first-order valence-corrected chi connectivity index (χ1v) is 11.9. The van der Waals surface area contributed by atoms with Gasteiger partial charge in [0.1, 0.15) is 4.90 Å². The predicted octanol–water partition coefficient (Wildman–Crippen LogP) is -0.00318. The van der Waals surface area contributed by atoms with Crippen molar-refractivity contribution in [1.29, 1.82) is 0 Å². The van der Waals surface area contributed by atoms with Gasteiger partial charge in [-0.1, -0.05) is 5.16 Å². The molecule has 0 saturated carbocycles. The van der Waals surface area contributed by atoms with Gasteiger partial charge in [0.05, 0.1) is 11.2 Å². The SMILES string of the molecule is CCS(=O)(=O)N1C[C@@H]2CN(S(=O)(=O)c3cccnc3)C[C@]2(c2nc(C)no2)C1. The molecular weight excluding hydrogens is 406 g/mol. The summed E-state index contributed by atoms with van der Waals surface area (Å²) in [5.41, 5.74) is -0.862. The molecule has 2 aliphatic rings. The van der Waals surface area contributed by atoms with Crippen molar-refractivity contribution in [3.63, 3.8) is 0 Å². The molecule has 0 bridgehead atoms. The van der Waals surface area contributed by atoms with Crippen molar-refractivity contribution in [3.8, 4) is 0 Å². The van der Waals surface area contributed by atoms with E-state index >= 15 is 0 Å². The van der Waals surface area contributed by atoms with Gasteiger partial charge in [0.2, 0.25) is 25.9 Å². The van der Waals surface area contributed by atoms with Crippen LogP contribution in [0.5, 0.6) is 0 Å². The monoisotopic (exact) mass is 427 g/mol. The van der Waals surface area contributed by atoms with Crippen LogP contribution in [0, 0.1) is 12.8 Å². The van der Waals surface area contributed by atoms with E-state index in [0.717, 1.165) is 0 Å². The van der Waals surface area contributed by atoms with Crippen LogP contribution in [0.3, 0.4) is 0 Å². The summed E-state index contributed by atoms with van der Waals surface area (Å²) in [5.74, 6) is 0.414. The normalized spacial score (nSPS) is 26.6. The van der Waals surface area contributed by atoms with E-state index in [1.165, 1.54) is 27.1 Å². The number of hydrogen-bond acceptors (Lipinski definition) is 8. The highest BCUT2D eigenvalue weighted by atomic mass is 32.2. The van der Waals surface area contributed by atoms with Crippen molar-refractivity contribution in [3.05, 3.63) is 36.2 Å². The minimum Gasteiger partial charge on any atom is -0.339 e. The highest BCUT2D eigenvalue weighted by molar-refractivity contribution is 7.89. The molecule has 10 nitrogen and oxygen atoms in total. The highest BCUT2D eigenvalue weighted by Crippen LogP contribution is 2.46. The topological polar surface area (TPSA) is 127 Å². The van der Waals surface area contributed by atoms with E-state index in [9.17, 15) is 16.8 Å². The van der Waals surface area contributed by atoms with Gasteiger partial charge >= 0.3 is 0 Å². The third-order valence-corrected chi connectivity index (χ3v) is 9.12. The number of rotatable bonds is 5. The highest BCUT2D eigenvalue weighted by Gasteiger charge is 2.60. The molecule has 0 spiro atoms. The number of nitrogens with zero attached hydrogens (tertiary/aromatic N) is 5. The maximum atomic E-state index is 13.1. The molecule has 2 fully saturated rings. The molecule has 4 rings (SSSR count). The van der Waals surface area contributed by atoms with Gasteiger partial charge < -0.3 is 4.52 Å². The fourth-order valence-corrected chi connectivity index (χ4v) is 6.72. The molecule has 0 amide bonds. The number of aryl methyl sites for hydroxylation is 1. The Bertz CT molecular complexity index is 1090. The molecule has 0 aromatic carbocycles. The first-order valence-electron chi connectivity index (χ1n) is 8.88. The first-order chi connectivity index (χ1) is 13.2. The fourth-order valence-electron chi connectivity index (χ4n) is 4.00. The molecule has 2 saturated heterocycles. The number of sulfonamides is 2. The molecule has 28 heavy (non-hydrogen) atoms. The summed E-state index contributed by atoms with van der Waals surface area (Å²) in [5, 5.41) is 3.84.